The van der Waals surface area contributed by atoms with Crippen molar-refractivity contribution in [2.45, 2.75) is 200 Å². The summed E-state index contributed by atoms with van der Waals surface area (Å²) in [6.07, 6.45) is 40.6. The van der Waals surface area contributed by atoms with Crippen molar-refractivity contribution < 1.29 is 14.7 Å². The second-order valence-electron chi connectivity index (χ2n) is 15.0. The zero-order chi connectivity index (χ0) is 34.1. The van der Waals surface area contributed by atoms with Gasteiger partial charge in [-0.3, -0.25) is 0 Å². The Hall–Kier alpha value is -1.42. The average Bonchev–Trinajstić information content (AvgIpc) is 3.07. The van der Waals surface area contributed by atoms with E-state index in [2.05, 4.69) is 75.5 Å². The van der Waals surface area contributed by atoms with Crippen LogP contribution in [0, 0.1) is 0 Å². The maximum Gasteiger partial charge on any atom is 0.104 e. The highest BCUT2D eigenvalue weighted by atomic mass is 16.3. The summed E-state index contributed by atoms with van der Waals surface area (Å²) < 4.78 is 1.18. The lowest BCUT2D eigenvalue weighted by Gasteiger charge is -2.35. The van der Waals surface area contributed by atoms with Crippen LogP contribution < -0.4 is 0 Å². The van der Waals surface area contributed by atoms with Gasteiger partial charge in [-0.15, -0.1) is 0 Å². The fraction of sp³-hybridized carbons (Fsp3) is 0.773. The van der Waals surface area contributed by atoms with E-state index >= 15 is 0 Å². The average molecular weight is 655 g/mol. The molecule has 0 spiro atoms. The number of benzene rings is 1. The van der Waals surface area contributed by atoms with Gasteiger partial charge in [0, 0.05) is 5.56 Å². The van der Waals surface area contributed by atoms with E-state index in [-0.39, 0.29) is 12.2 Å². The van der Waals surface area contributed by atoms with E-state index < -0.39 is 0 Å². The van der Waals surface area contributed by atoms with Crippen molar-refractivity contribution in [2.75, 3.05) is 20.1 Å². The minimum Gasteiger partial charge on any atom is -0.393 e. The normalized spacial score (nSPS) is 14.7. The number of allylic oxidation sites excluding steroid dienone is 2. The first kappa shape index (κ1) is 43.6. The summed E-state index contributed by atoms with van der Waals surface area (Å²) in [6.45, 7) is 8.20. The van der Waals surface area contributed by atoms with Crippen LogP contribution in [0.5, 0.6) is 0 Å². The molecule has 0 saturated carbocycles. The standard InChI is InChI=1S/C44H80NO2/c1-4-6-8-27-35-43(46)37-29-20-16-12-10-14-18-22-31-39-45(3,41-42-33-25-24-26-34-42)40-32-23-19-15-11-13-17-21-30-38-44(47)36-28-9-7-5-2/h20-21,24-26,29-30,33-34,43-44,46-47H,4-19,22-23,27-28,31-32,35-41H2,1-3H3/q+1/t43-,44-,45?/m1/s1. The first-order chi connectivity index (χ1) is 23.0. The van der Waals surface area contributed by atoms with E-state index in [0.29, 0.717) is 0 Å². The minimum atomic E-state index is -0.145. The molecule has 0 aliphatic heterocycles. The molecule has 1 aromatic rings. The molecule has 0 fully saturated rings. The molecule has 47 heavy (non-hydrogen) atoms. The van der Waals surface area contributed by atoms with Crippen LogP contribution in [-0.2, 0) is 6.54 Å². The molecule has 0 amide bonds. The zero-order valence-electron chi connectivity index (χ0n) is 31.7. The quantitative estimate of drug-likeness (QED) is 0.0441. The zero-order valence-corrected chi connectivity index (χ0v) is 31.7. The Bertz CT molecular complexity index is 789. The van der Waals surface area contributed by atoms with Gasteiger partial charge in [0.2, 0.25) is 0 Å². The maximum absolute atomic E-state index is 10.1. The Morgan fingerprint density at radius 3 is 1.36 bits per heavy atom. The second kappa shape index (κ2) is 31.8. The van der Waals surface area contributed by atoms with Crippen molar-refractivity contribution in [1.82, 2.24) is 0 Å². The smallest absolute Gasteiger partial charge is 0.104 e. The largest absolute Gasteiger partial charge is 0.393 e. The highest BCUT2D eigenvalue weighted by molar-refractivity contribution is 5.13. The highest BCUT2D eigenvalue weighted by Crippen LogP contribution is 2.19. The van der Waals surface area contributed by atoms with Crippen LogP contribution in [0.3, 0.4) is 0 Å². The number of rotatable bonds is 34. The van der Waals surface area contributed by atoms with Crippen LogP contribution in [0.15, 0.2) is 54.6 Å². The Morgan fingerprint density at radius 2 is 0.915 bits per heavy atom. The van der Waals surface area contributed by atoms with Crippen molar-refractivity contribution in [3.05, 3.63) is 60.2 Å². The van der Waals surface area contributed by atoms with E-state index in [1.54, 1.807) is 0 Å². The Morgan fingerprint density at radius 1 is 0.511 bits per heavy atom. The van der Waals surface area contributed by atoms with E-state index in [1.165, 1.54) is 152 Å². The summed E-state index contributed by atoms with van der Waals surface area (Å²) >= 11 is 0. The molecule has 0 unspecified atom stereocenters. The molecule has 0 radical (unpaired) electrons. The van der Waals surface area contributed by atoms with Crippen molar-refractivity contribution >= 4 is 0 Å². The predicted octanol–water partition coefficient (Wildman–Crippen LogP) is 12.6. The van der Waals surface area contributed by atoms with Crippen molar-refractivity contribution in [1.29, 1.82) is 0 Å². The van der Waals surface area contributed by atoms with Crippen molar-refractivity contribution in [3.8, 4) is 0 Å². The summed E-state index contributed by atoms with van der Waals surface area (Å²) in [4.78, 5) is 0. The molecule has 0 aromatic heterocycles. The molecule has 0 aliphatic carbocycles. The van der Waals surface area contributed by atoms with Gasteiger partial charge in [0.25, 0.3) is 0 Å². The SMILES string of the molecule is CCCCCC[C@@H](O)CC=CCCCCCCCC[N+](C)(CCCCCCCCC=CC[C@H](O)CCCCCC)Cc1ccccc1. The van der Waals surface area contributed by atoms with Crippen LogP contribution in [0.2, 0.25) is 0 Å². The second-order valence-corrected chi connectivity index (χ2v) is 15.0. The molecule has 3 nitrogen and oxygen atoms in total. The summed E-state index contributed by atoms with van der Waals surface area (Å²) in [5, 5.41) is 20.2. The van der Waals surface area contributed by atoms with Gasteiger partial charge in [0.1, 0.15) is 6.54 Å². The van der Waals surface area contributed by atoms with Crippen LogP contribution in [0.1, 0.15) is 186 Å². The number of hydrogen-bond acceptors (Lipinski definition) is 2. The van der Waals surface area contributed by atoms with E-state index in [4.69, 9.17) is 0 Å². The molecule has 0 aliphatic rings. The van der Waals surface area contributed by atoms with Crippen LogP contribution in [0.4, 0.5) is 0 Å². The lowest BCUT2D eigenvalue weighted by Crippen LogP contribution is -2.44. The molecule has 272 valence electrons. The number of nitrogens with zero attached hydrogens (tertiary/aromatic N) is 1. The van der Waals surface area contributed by atoms with Crippen molar-refractivity contribution in [3.63, 3.8) is 0 Å². The number of hydrogen-bond donors (Lipinski definition) is 2. The highest BCUT2D eigenvalue weighted by Gasteiger charge is 2.21. The van der Waals surface area contributed by atoms with Gasteiger partial charge in [-0.1, -0.05) is 158 Å². The topological polar surface area (TPSA) is 40.5 Å². The van der Waals surface area contributed by atoms with Gasteiger partial charge in [0.05, 0.1) is 32.3 Å². The molecular weight excluding hydrogens is 574 g/mol. The summed E-state index contributed by atoms with van der Waals surface area (Å²) in [5.41, 5.74) is 1.48. The first-order valence-electron chi connectivity index (χ1n) is 20.5. The van der Waals surface area contributed by atoms with Crippen LogP contribution >= 0.6 is 0 Å². The predicted molar refractivity (Wildman–Crippen MR) is 208 cm³/mol. The minimum absolute atomic E-state index is 0.145. The van der Waals surface area contributed by atoms with Gasteiger partial charge >= 0.3 is 0 Å². The molecule has 2 N–H and O–H groups in total. The third kappa shape index (κ3) is 28.2. The van der Waals surface area contributed by atoms with E-state index in [9.17, 15) is 10.2 Å². The summed E-state index contributed by atoms with van der Waals surface area (Å²) in [7, 11) is 2.50. The molecule has 0 saturated heterocycles. The summed E-state index contributed by atoms with van der Waals surface area (Å²) in [6, 6.07) is 11.1. The third-order valence-electron chi connectivity index (χ3n) is 9.98. The first-order valence-corrected chi connectivity index (χ1v) is 20.5. The molecule has 1 rings (SSSR count). The van der Waals surface area contributed by atoms with Crippen LogP contribution in [-0.4, -0.2) is 47.0 Å². The van der Waals surface area contributed by atoms with Crippen molar-refractivity contribution in [2.24, 2.45) is 0 Å². The van der Waals surface area contributed by atoms with Gasteiger partial charge in [0.15, 0.2) is 0 Å². The monoisotopic (exact) mass is 655 g/mol. The molecular formula is C44H80NO2+. The fourth-order valence-corrected chi connectivity index (χ4v) is 6.81. The molecule has 3 heteroatoms. The Kier molecular flexibility index (Phi) is 29.5. The number of aliphatic hydroxyl groups excluding tert-OH is 2. The lowest BCUT2D eigenvalue weighted by molar-refractivity contribution is -0.923. The van der Waals surface area contributed by atoms with E-state index in [1.807, 2.05) is 0 Å². The Labute approximate surface area is 293 Å². The fourth-order valence-electron chi connectivity index (χ4n) is 6.81. The molecule has 2 atom stereocenters. The molecule has 1 aromatic carbocycles. The molecule has 0 bridgehead atoms. The molecule has 0 heterocycles. The van der Waals surface area contributed by atoms with Gasteiger partial charge in [-0.2, -0.15) is 0 Å². The van der Waals surface area contributed by atoms with Gasteiger partial charge in [-0.25, -0.2) is 0 Å². The van der Waals surface area contributed by atoms with E-state index in [0.717, 1.165) is 45.1 Å². The van der Waals surface area contributed by atoms with Crippen LogP contribution in [0.25, 0.3) is 0 Å². The third-order valence-corrected chi connectivity index (χ3v) is 9.98. The van der Waals surface area contributed by atoms with Gasteiger partial charge in [-0.05, 0) is 77.0 Å². The number of unbranched alkanes of at least 4 members (excludes halogenated alkanes) is 18. The number of quaternary nitrogens is 1. The lowest BCUT2D eigenvalue weighted by atomic mass is 10.1. The van der Waals surface area contributed by atoms with Gasteiger partial charge < -0.3 is 14.7 Å². The summed E-state index contributed by atoms with van der Waals surface area (Å²) in [5.74, 6) is 0. The Balaban J connectivity index is 2.15. The maximum atomic E-state index is 10.1. The number of aliphatic hydroxyl groups is 2.